The Hall–Kier alpha value is -3.75. The average Bonchev–Trinajstić information content (AvgIpc) is 3.30. The highest BCUT2D eigenvalue weighted by Gasteiger charge is 2.33. The van der Waals surface area contributed by atoms with Crippen LogP contribution in [0.3, 0.4) is 0 Å². The first-order valence-electron chi connectivity index (χ1n) is 10.4. The minimum absolute atomic E-state index is 0.237. The van der Waals surface area contributed by atoms with E-state index in [2.05, 4.69) is 5.32 Å². The summed E-state index contributed by atoms with van der Waals surface area (Å²) in [6.45, 7) is 0. The summed E-state index contributed by atoms with van der Waals surface area (Å²) < 4.78 is 15.5. The Labute approximate surface area is 204 Å². The summed E-state index contributed by atoms with van der Waals surface area (Å²) in [6.07, 6.45) is 3.84. The normalized spacial score (nSPS) is 14.9. The van der Waals surface area contributed by atoms with Crippen LogP contribution in [-0.2, 0) is 11.8 Å². The van der Waals surface area contributed by atoms with E-state index >= 15 is 0 Å². The fourth-order valence-corrected chi connectivity index (χ4v) is 5.13. The van der Waals surface area contributed by atoms with E-state index in [1.165, 1.54) is 40.9 Å². The van der Waals surface area contributed by atoms with E-state index in [0.29, 0.717) is 26.2 Å². The monoisotopic (exact) mass is 487 g/mol. The van der Waals surface area contributed by atoms with Crippen molar-refractivity contribution >= 4 is 68.5 Å². The summed E-state index contributed by atoms with van der Waals surface area (Å²) in [5.41, 5.74) is 3.35. The highest BCUT2D eigenvalue weighted by molar-refractivity contribution is 8.27. The SMILES string of the molecule is Cn1cc(/C=C2/SC(=S)N(c3cccc(C(=O)Nc4ccc(F)cc4)c3)C2=O)c2ccccc21. The second-order valence-corrected chi connectivity index (χ2v) is 9.42. The molecule has 1 aliphatic heterocycles. The summed E-state index contributed by atoms with van der Waals surface area (Å²) in [5, 5.41) is 3.78. The van der Waals surface area contributed by atoms with Crippen LogP contribution >= 0.6 is 24.0 Å². The molecule has 34 heavy (non-hydrogen) atoms. The molecule has 5 rings (SSSR count). The van der Waals surface area contributed by atoms with Crippen molar-refractivity contribution in [2.45, 2.75) is 0 Å². The molecule has 0 spiro atoms. The number of aromatic nitrogens is 1. The van der Waals surface area contributed by atoms with Crippen molar-refractivity contribution in [1.82, 2.24) is 4.57 Å². The quantitative estimate of drug-likeness (QED) is 0.284. The lowest BCUT2D eigenvalue weighted by Gasteiger charge is -2.15. The van der Waals surface area contributed by atoms with Crippen LogP contribution in [0.15, 0.2) is 83.9 Å². The summed E-state index contributed by atoms with van der Waals surface area (Å²) in [4.78, 5) is 27.9. The molecule has 0 saturated carbocycles. The standard InChI is InChI=1S/C26H18FN3O2S2/c1-29-15-17(21-7-2-3-8-22(21)29)14-23-25(32)30(26(33)34-23)20-6-4-5-16(13-20)24(31)28-19-11-9-18(27)10-12-19/h2-15H,1H3,(H,28,31)/b23-14+. The first-order chi connectivity index (χ1) is 16.4. The Bertz CT molecular complexity index is 1490. The molecule has 0 unspecified atom stereocenters. The molecule has 2 heterocycles. The molecule has 2 amide bonds. The molecule has 1 aromatic heterocycles. The van der Waals surface area contributed by atoms with Gasteiger partial charge in [-0.3, -0.25) is 14.5 Å². The van der Waals surface area contributed by atoms with Crippen molar-refractivity contribution in [1.29, 1.82) is 0 Å². The van der Waals surface area contributed by atoms with Crippen LogP contribution in [0.5, 0.6) is 0 Å². The zero-order valence-corrected chi connectivity index (χ0v) is 19.6. The second-order valence-electron chi connectivity index (χ2n) is 7.74. The molecule has 0 aliphatic carbocycles. The maximum atomic E-state index is 13.3. The summed E-state index contributed by atoms with van der Waals surface area (Å²) in [7, 11) is 1.97. The Morgan fingerprint density at radius 3 is 2.62 bits per heavy atom. The lowest BCUT2D eigenvalue weighted by Crippen LogP contribution is -2.27. The van der Waals surface area contributed by atoms with E-state index in [1.807, 2.05) is 48.2 Å². The lowest BCUT2D eigenvalue weighted by molar-refractivity contribution is -0.113. The Morgan fingerprint density at radius 1 is 1.06 bits per heavy atom. The average molecular weight is 488 g/mol. The van der Waals surface area contributed by atoms with E-state index < -0.39 is 0 Å². The highest BCUT2D eigenvalue weighted by Crippen LogP contribution is 2.37. The number of nitrogens with one attached hydrogen (secondary N) is 1. The van der Waals surface area contributed by atoms with Gasteiger partial charge in [-0.2, -0.15) is 0 Å². The van der Waals surface area contributed by atoms with E-state index in [-0.39, 0.29) is 17.6 Å². The Morgan fingerprint density at radius 2 is 1.82 bits per heavy atom. The van der Waals surface area contributed by atoms with Gasteiger partial charge in [-0.25, -0.2) is 4.39 Å². The number of benzene rings is 3. The summed E-state index contributed by atoms with van der Waals surface area (Å²) in [5.74, 6) is -0.991. The number of hydrogen-bond donors (Lipinski definition) is 1. The summed E-state index contributed by atoms with van der Waals surface area (Å²) >= 11 is 6.74. The molecule has 1 aliphatic rings. The number of fused-ring (bicyclic) bond motifs is 1. The first-order valence-corrected chi connectivity index (χ1v) is 11.6. The van der Waals surface area contributed by atoms with Crippen molar-refractivity contribution in [3.63, 3.8) is 0 Å². The van der Waals surface area contributed by atoms with Crippen molar-refractivity contribution < 1.29 is 14.0 Å². The molecular formula is C26H18FN3O2S2. The highest BCUT2D eigenvalue weighted by atomic mass is 32.2. The number of aryl methyl sites for hydroxylation is 1. The predicted octanol–water partition coefficient (Wildman–Crippen LogP) is 5.98. The largest absolute Gasteiger partial charge is 0.350 e. The minimum Gasteiger partial charge on any atom is -0.350 e. The van der Waals surface area contributed by atoms with Crippen molar-refractivity contribution in [3.05, 3.63) is 101 Å². The van der Waals surface area contributed by atoms with Gasteiger partial charge in [0.15, 0.2) is 4.32 Å². The van der Waals surface area contributed by atoms with Crippen molar-refractivity contribution in [3.8, 4) is 0 Å². The van der Waals surface area contributed by atoms with Gasteiger partial charge >= 0.3 is 0 Å². The van der Waals surface area contributed by atoms with Crippen LogP contribution in [0.1, 0.15) is 15.9 Å². The zero-order chi connectivity index (χ0) is 23.8. The second kappa shape index (κ2) is 8.89. The first kappa shape index (κ1) is 22.1. The van der Waals surface area contributed by atoms with Crippen LogP contribution in [0.4, 0.5) is 15.8 Å². The topological polar surface area (TPSA) is 54.3 Å². The molecule has 0 atom stereocenters. The minimum atomic E-state index is -0.383. The number of rotatable bonds is 4. The maximum Gasteiger partial charge on any atom is 0.270 e. The van der Waals surface area contributed by atoms with E-state index in [4.69, 9.17) is 12.2 Å². The molecule has 1 saturated heterocycles. The molecule has 5 nitrogen and oxygen atoms in total. The number of para-hydroxylation sites is 1. The molecule has 3 aromatic carbocycles. The number of thioether (sulfide) groups is 1. The van der Waals surface area contributed by atoms with Gasteiger partial charge in [-0.05, 0) is 54.6 Å². The molecule has 168 valence electrons. The third kappa shape index (κ3) is 4.13. The van der Waals surface area contributed by atoms with Crippen molar-refractivity contribution in [2.24, 2.45) is 7.05 Å². The molecule has 4 aromatic rings. The number of amides is 2. The number of carbonyl (C=O) groups is 2. The third-order valence-corrected chi connectivity index (χ3v) is 6.78. The van der Waals surface area contributed by atoms with Gasteiger partial charge in [-0.1, -0.05) is 48.2 Å². The van der Waals surface area contributed by atoms with E-state index in [1.54, 1.807) is 24.3 Å². The number of thiocarbonyl (C=S) groups is 1. The number of carbonyl (C=O) groups excluding carboxylic acids is 2. The van der Waals surface area contributed by atoms with Crippen molar-refractivity contribution in [2.75, 3.05) is 10.2 Å². The smallest absolute Gasteiger partial charge is 0.270 e. The van der Waals surface area contributed by atoms with E-state index in [0.717, 1.165) is 16.5 Å². The van der Waals surface area contributed by atoms with E-state index in [9.17, 15) is 14.0 Å². The number of halogens is 1. The molecule has 0 bridgehead atoms. The van der Waals surface area contributed by atoms with Crippen LogP contribution in [0.2, 0.25) is 0 Å². The molecule has 0 radical (unpaired) electrons. The van der Waals surface area contributed by atoms with Crippen LogP contribution in [-0.4, -0.2) is 20.7 Å². The molecule has 1 N–H and O–H groups in total. The van der Waals surface area contributed by atoms with Gasteiger partial charge in [0.1, 0.15) is 5.82 Å². The van der Waals surface area contributed by atoms with Crippen LogP contribution < -0.4 is 10.2 Å². The van der Waals surface area contributed by atoms with Gasteiger partial charge in [0, 0.05) is 41.0 Å². The lowest BCUT2D eigenvalue weighted by atomic mass is 10.1. The Kier molecular flexibility index (Phi) is 5.77. The Balaban J connectivity index is 1.41. The van der Waals surface area contributed by atoms with Gasteiger partial charge in [-0.15, -0.1) is 0 Å². The summed E-state index contributed by atoms with van der Waals surface area (Å²) in [6, 6.07) is 20.2. The predicted molar refractivity (Wildman–Crippen MR) is 139 cm³/mol. The van der Waals surface area contributed by atoms with Crippen LogP contribution in [0.25, 0.3) is 17.0 Å². The van der Waals surface area contributed by atoms with Gasteiger partial charge in [0.2, 0.25) is 0 Å². The van der Waals surface area contributed by atoms with Gasteiger partial charge in [0.05, 0.1) is 10.6 Å². The number of nitrogens with zero attached hydrogens (tertiary/aromatic N) is 2. The fourth-order valence-electron chi connectivity index (χ4n) is 3.84. The number of hydrogen-bond acceptors (Lipinski definition) is 4. The fraction of sp³-hybridized carbons (Fsp3) is 0.0385. The van der Waals surface area contributed by atoms with Gasteiger partial charge < -0.3 is 9.88 Å². The molecule has 8 heteroatoms. The molecule has 1 fully saturated rings. The maximum absolute atomic E-state index is 13.3. The third-order valence-electron chi connectivity index (χ3n) is 5.48. The van der Waals surface area contributed by atoms with Gasteiger partial charge in [0.25, 0.3) is 11.8 Å². The zero-order valence-electron chi connectivity index (χ0n) is 18.0. The number of anilines is 2. The molecular weight excluding hydrogens is 469 g/mol. The van der Waals surface area contributed by atoms with Crippen LogP contribution in [0, 0.1) is 5.82 Å².